The molecule has 2 heterocycles. The van der Waals surface area contributed by atoms with Crippen LogP contribution < -0.4 is 15.5 Å². The third-order valence-electron chi connectivity index (χ3n) is 3.52. The van der Waals surface area contributed by atoms with E-state index in [2.05, 4.69) is 25.5 Å². The van der Waals surface area contributed by atoms with Crippen molar-refractivity contribution in [1.82, 2.24) is 20.6 Å². The fourth-order valence-corrected chi connectivity index (χ4v) is 2.49. The van der Waals surface area contributed by atoms with E-state index < -0.39 is 6.09 Å². The lowest BCUT2D eigenvalue weighted by Crippen LogP contribution is -2.48. The smallest absolute Gasteiger partial charge is 0.407 e. The third-order valence-corrected chi connectivity index (χ3v) is 3.52. The zero-order valence-electron chi connectivity index (χ0n) is 13.3. The predicted molar refractivity (Wildman–Crippen MR) is 85.1 cm³/mol. The second-order valence-electron chi connectivity index (χ2n) is 5.30. The van der Waals surface area contributed by atoms with Crippen LogP contribution in [0.4, 0.5) is 10.7 Å². The molecule has 126 valence electrons. The average molecular weight is 321 g/mol. The molecule has 0 bridgehead atoms. The molecule has 0 radical (unpaired) electrons. The number of hydrogen-bond acceptors (Lipinski definition) is 6. The van der Waals surface area contributed by atoms with Crippen LogP contribution >= 0.6 is 0 Å². The molecule has 1 aromatic heterocycles. The Hall–Kier alpha value is -2.38. The van der Waals surface area contributed by atoms with Gasteiger partial charge in [0.1, 0.15) is 0 Å². The molecule has 2 rings (SSSR count). The molecule has 2 N–H and O–H groups in total. The lowest BCUT2D eigenvalue weighted by Gasteiger charge is -2.33. The van der Waals surface area contributed by atoms with E-state index in [1.54, 1.807) is 25.4 Å². The first kappa shape index (κ1) is 17.0. The first-order valence-electron chi connectivity index (χ1n) is 7.91. The molecular weight excluding hydrogens is 298 g/mol. The number of ether oxygens (including phenoxy) is 1. The number of carbonyl (C=O) groups is 2. The van der Waals surface area contributed by atoms with Crippen LogP contribution in [0.3, 0.4) is 0 Å². The molecule has 0 spiro atoms. The minimum atomic E-state index is -0.495. The second-order valence-corrected chi connectivity index (χ2v) is 5.30. The van der Waals surface area contributed by atoms with Crippen LogP contribution in [0.25, 0.3) is 0 Å². The van der Waals surface area contributed by atoms with Crippen LogP contribution in [0.2, 0.25) is 0 Å². The normalized spacial score (nSPS) is 17.4. The predicted octanol–water partition coefficient (Wildman–Crippen LogP) is 0.698. The molecular formula is C15H23N5O3. The highest BCUT2D eigenvalue weighted by atomic mass is 16.5. The number of nitrogens with one attached hydrogen (secondary N) is 2. The molecule has 0 aromatic carbocycles. The van der Waals surface area contributed by atoms with Crippen molar-refractivity contribution in [2.45, 2.75) is 32.2 Å². The first-order chi connectivity index (χ1) is 11.2. The summed E-state index contributed by atoms with van der Waals surface area (Å²) in [5.74, 6) is 0.609. The summed E-state index contributed by atoms with van der Waals surface area (Å²) in [4.78, 5) is 33.6. The summed E-state index contributed by atoms with van der Waals surface area (Å²) in [6, 6.07) is 1.85. The number of nitrogens with zero attached hydrogens (tertiary/aromatic N) is 3. The maximum atomic E-state index is 11.9. The van der Waals surface area contributed by atoms with E-state index in [0.29, 0.717) is 19.1 Å². The molecule has 1 fully saturated rings. The van der Waals surface area contributed by atoms with E-state index in [1.165, 1.54) is 0 Å². The Kier molecular flexibility index (Phi) is 6.58. The summed E-state index contributed by atoms with van der Waals surface area (Å²) in [5, 5.41) is 5.53. The Morgan fingerprint density at radius 1 is 1.39 bits per heavy atom. The number of piperidine rings is 1. The van der Waals surface area contributed by atoms with Crippen LogP contribution in [0.5, 0.6) is 0 Å². The van der Waals surface area contributed by atoms with Gasteiger partial charge in [0, 0.05) is 44.5 Å². The van der Waals surface area contributed by atoms with Crippen molar-refractivity contribution >= 4 is 17.9 Å². The van der Waals surface area contributed by atoms with Gasteiger partial charge in [-0.05, 0) is 25.8 Å². The van der Waals surface area contributed by atoms with Crippen molar-refractivity contribution < 1.29 is 14.3 Å². The molecule has 2 amide bonds. The molecule has 1 saturated heterocycles. The van der Waals surface area contributed by atoms with E-state index in [0.717, 1.165) is 19.4 Å². The zero-order valence-corrected chi connectivity index (χ0v) is 13.3. The van der Waals surface area contributed by atoms with Gasteiger partial charge in [-0.25, -0.2) is 14.8 Å². The molecule has 0 saturated carbocycles. The van der Waals surface area contributed by atoms with Crippen molar-refractivity contribution in [3.05, 3.63) is 18.5 Å². The number of hydrogen-bond donors (Lipinski definition) is 2. The molecule has 1 atom stereocenters. The lowest BCUT2D eigenvalue weighted by atomic mass is 10.1. The largest absolute Gasteiger partial charge is 0.450 e. The third kappa shape index (κ3) is 5.72. The van der Waals surface area contributed by atoms with Gasteiger partial charge >= 0.3 is 6.09 Å². The van der Waals surface area contributed by atoms with Crippen LogP contribution in [-0.2, 0) is 9.53 Å². The second kappa shape index (κ2) is 8.92. The van der Waals surface area contributed by atoms with E-state index in [4.69, 9.17) is 4.74 Å². The van der Waals surface area contributed by atoms with Gasteiger partial charge in [0.05, 0.1) is 6.61 Å². The topological polar surface area (TPSA) is 96.4 Å². The highest BCUT2D eigenvalue weighted by molar-refractivity contribution is 5.77. The Balaban J connectivity index is 1.72. The van der Waals surface area contributed by atoms with Gasteiger partial charge < -0.3 is 20.3 Å². The quantitative estimate of drug-likeness (QED) is 0.800. The van der Waals surface area contributed by atoms with Crippen molar-refractivity contribution in [3.63, 3.8) is 0 Å². The van der Waals surface area contributed by atoms with Crippen molar-refractivity contribution in [3.8, 4) is 0 Å². The van der Waals surface area contributed by atoms with E-state index in [9.17, 15) is 9.59 Å². The first-order valence-corrected chi connectivity index (χ1v) is 7.91. The molecule has 8 heteroatoms. The maximum Gasteiger partial charge on any atom is 0.407 e. The van der Waals surface area contributed by atoms with Gasteiger partial charge in [-0.3, -0.25) is 4.79 Å². The molecule has 1 aliphatic heterocycles. The number of carbonyl (C=O) groups excluding carboxylic acids is 2. The Morgan fingerprint density at radius 2 is 2.17 bits per heavy atom. The van der Waals surface area contributed by atoms with Crippen molar-refractivity contribution in [2.24, 2.45) is 0 Å². The number of aromatic nitrogens is 2. The number of alkyl carbamates (subject to hydrolysis) is 1. The highest BCUT2D eigenvalue weighted by Gasteiger charge is 2.22. The lowest BCUT2D eigenvalue weighted by molar-refractivity contribution is -0.121. The summed E-state index contributed by atoms with van der Waals surface area (Å²) >= 11 is 0. The highest BCUT2D eigenvalue weighted by Crippen LogP contribution is 2.15. The standard InChI is InChI=1S/C15H23N5O3/c1-2-23-15(22)18-9-6-13(21)19-12-5-3-10-20(11-12)14-16-7-4-8-17-14/h4,7-8,12H,2-3,5-6,9-11H2,1H3,(H,18,22)(H,19,21)/t12-/m0/s1. The summed E-state index contributed by atoms with van der Waals surface area (Å²) < 4.78 is 4.73. The minimum absolute atomic E-state index is 0.0719. The number of amides is 2. The van der Waals surface area contributed by atoms with Gasteiger partial charge in [0.15, 0.2) is 0 Å². The Morgan fingerprint density at radius 3 is 2.91 bits per heavy atom. The average Bonchev–Trinajstić information content (AvgIpc) is 2.56. The monoisotopic (exact) mass is 321 g/mol. The fraction of sp³-hybridized carbons (Fsp3) is 0.600. The van der Waals surface area contributed by atoms with E-state index >= 15 is 0 Å². The van der Waals surface area contributed by atoms with Crippen LogP contribution in [-0.4, -0.2) is 54.3 Å². The summed E-state index contributed by atoms with van der Waals surface area (Å²) in [6.07, 6.45) is 5.07. The van der Waals surface area contributed by atoms with Crippen LogP contribution in [0.1, 0.15) is 26.2 Å². The van der Waals surface area contributed by atoms with Gasteiger partial charge in [-0.2, -0.15) is 0 Å². The van der Waals surface area contributed by atoms with Gasteiger partial charge in [0.25, 0.3) is 0 Å². The van der Waals surface area contributed by atoms with Crippen LogP contribution in [0.15, 0.2) is 18.5 Å². The van der Waals surface area contributed by atoms with E-state index in [1.807, 2.05) is 0 Å². The zero-order chi connectivity index (χ0) is 16.5. The van der Waals surface area contributed by atoms with Crippen LogP contribution in [0, 0.1) is 0 Å². The molecule has 1 aliphatic rings. The summed E-state index contributed by atoms with van der Waals surface area (Å²) in [6.45, 7) is 3.90. The fourth-order valence-electron chi connectivity index (χ4n) is 2.49. The Bertz CT molecular complexity index is 511. The number of rotatable bonds is 6. The van der Waals surface area contributed by atoms with Gasteiger partial charge in [0.2, 0.25) is 11.9 Å². The molecule has 0 unspecified atom stereocenters. The van der Waals surface area contributed by atoms with E-state index in [-0.39, 0.29) is 24.9 Å². The van der Waals surface area contributed by atoms with Gasteiger partial charge in [-0.15, -0.1) is 0 Å². The maximum absolute atomic E-state index is 11.9. The Labute approximate surface area is 135 Å². The minimum Gasteiger partial charge on any atom is -0.450 e. The number of anilines is 1. The molecule has 23 heavy (non-hydrogen) atoms. The summed E-state index contributed by atoms with van der Waals surface area (Å²) in [5.41, 5.74) is 0. The molecule has 0 aliphatic carbocycles. The van der Waals surface area contributed by atoms with Gasteiger partial charge in [-0.1, -0.05) is 0 Å². The van der Waals surface area contributed by atoms with Crippen molar-refractivity contribution in [2.75, 3.05) is 31.1 Å². The van der Waals surface area contributed by atoms with Crippen molar-refractivity contribution in [1.29, 1.82) is 0 Å². The molecule has 1 aromatic rings. The molecule has 8 nitrogen and oxygen atoms in total. The SMILES string of the molecule is CCOC(=O)NCCC(=O)N[C@H]1CCCN(c2ncccn2)C1. The summed E-state index contributed by atoms with van der Waals surface area (Å²) in [7, 11) is 0.